The Morgan fingerprint density at radius 1 is 1.17 bits per heavy atom. The van der Waals surface area contributed by atoms with Crippen LogP contribution in [-0.4, -0.2) is 54.8 Å². The lowest BCUT2D eigenvalue weighted by Crippen LogP contribution is -2.30. The first-order chi connectivity index (χ1) is 13.9. The second-order valence-corrected chi connectivity index (χ2v) is 8.97. The number of carbonyl (C=O) groups excluding carboxylic acids is 1. The third-order valence-corrected chi connectivity index (χ3v) is 7.13. The fraction of sp³-hybridized carbons (Fsp3) is 0.421. The van der Waals surface area contributed by atoms with Crippen molar-refractivity contribution in [2.45, 2.75) is 31.6 Å². The molecule has 1 aromatic carbocycles. The Morgan fingerprint density at radius 3 is 2.38 bits per heavy atom. The molecule has 0 saturated carbocycles. The predicted molar refractivity (Wildman–Crippen MR) is 113 cm³/mol. The molecule has 1 aliphatic rings. The van der Waals surface area contributed by atoms with Crippen molar-refractivity contribution < 1.29 is 13.2 Å². The molecular weight excluding hydrogens is 414 g/mol. The average Bonchev–Trinajstić information content (AvgIpc) is 3.24. The van der Waals surface area contributed by atoms with Gasteiger partial charge in [-0.05, 0) is 37.1 Å². The van der Waals surface area contributed by atoms with Gasteiger partial charge < -0.3 is 10.2 Å². The van der Waals surface area contributed by atoms with Gasteiger partial charge in [0, 0.05) is 31.9 Å². The Labute approximate surface area is 176 Å². The average molecular weight is 438 g/mol. The molecule has 2 heterocycles. The van der Waals surface area contributed by atoms with Crippen LogP contribution < -0.4 is 10.2 Å². The molecule has 0 bridgehead atoms. The van der Waals surface area contributed by atoms with Crippen LogP contribution in [0.25, 0.3) is 0 Å². The van der Waals surface area contributed by atoms with Crippen LogP contribution in [0.3, 0.4) is 0 Å². The number of nitrogens with one attached hydrogen (secondary N) is 1. The minimum Gasteiger partial charge on any atom is -0.341 e. The Kier molecular flexibility index (Phi) is 6.71. The highest BCUT2D eigenvalue weighted by molar-refractivity contribution is 7.89. The number of sulfonamides is 1. The van der Waals surface area contributed by atoms with E-state index in [1.165, 1.54) is 22.6 Å². The summed E-state index contributed by atoms with van der Waals surface area (Å²) in [6.07, 6.45) is 3.56. The normalized spacial score (nSPS) is 14.4. The molecule has 0 atom stereocenters. The molecule has 1 saturated heterocycles. The largest absolute Gasteiger partial charge is 0.341 e. The van der Waals surface area contributed by atoms with Gasteiger partial charge in [0.05, 0.1) is 16.1 Å². The summed E-state index contributed by atoms with van der Waals surface area (Å²) in [6, 6.07) is 6.04. The Balaban J connectivity index is 1.77. The van der Waals surface area contributed by atoms with E-state index in [0.29, 0.717) is 24.7 Å². The van der Waals surface area contributed by atoms with Gasteiger partial charge in [0.1, 0.15) is 0 Å². The lowest BCUT2D eigenvalue weighted by molar-refractivity contribution is 0.102. The minimum atomic E-state index is -3.55. The first kappa shape index (κ1) is 21.5. The molecule has 0 aliphatic carbocycles. The maximum Gasteiger partial charge on any atom is 0.276 e. The van der Waals surface area contributed by atoms with Crippen molar-refractivity contribution in [1.29, 1.82) is 0 Å². The zero-order chi connectivity index (χ0) is 21.0. The number of rotatable bonds is 7. The third kappa shape index (κ3) is 4.68. The second-order valence-electron chi connectivity index (χ2n) is 6.63. The summed E-state index contributed by atoms with van der Waals surface area (Å²) in [5, 5.41) is 2.87. The van der Waals surface area contributed by atoms with Crippen molar-refractivity contribution in [1.82, 2.24) is 14.3 Å². The van der Waals surface area contributed by atoms with E-state index in [1.807, 2.05) is 4.90 Å². The van der Waals surface area contributed by atoms with Gasteiger partial charge in [0.15, 0.2) is 5.69 Å². The van der Waals surface area contributed by atoms with Crippen molar-refractivity contribution in [3.8, 4) is 0 Å². The topological polar surface area (TPSA) is 95.5 Å². The molecule has 1 fully saturated rings. The summed E-state index contributed by atoms with van der Waals surface area (Å²) in [7, 11) is -3.55. The summed E-state index contributed by atoms with van der Waals surface area (Å²) in [4.78, 5) is 23.4. The summed E-state index contributed by atoms with van der Waals surface area (Å²) in [5.41, 5.74) is 0.536. The van der Waals surface area contributed by atoms with E-state index in [2.05, 4.69) is 15.3 Å². The molecule has 1 aromatic heterocycles. The van der Waals surface area contributed by atoms with Crippen LogP contribution in [0.2, 0.25) is 5.02 Å². The quantitative estimate of drug-likeness (QED) is 0.715. The number of benzene rings is 1. The highest BCUT2D eigenvalue weighted by Crippen LogP contribution is 2.22. The standard InChI is InChI=1S/C19H24ClN5O3S/c1-3-25(4-2)29(27,28)15-9-7-14(8-10-15)22-18(26)17-16(20)13-21-19(23-17)24-11-5-6-12-24/h7-10,13H,3-6,11-12H2,1-2H3,(H,22,26). The first-order valence-electron chi connectivity index (χ1n) is 9.55. The summed E-state index contributed by atoms with van der Waals surface area (Å²) < 4.78 is 26.5. The van der Waals surface area contributed by atoms with Gasteiger partial charge in [-0.1, -0.05) is 25.4 Å². The van der Waals surface area contributed by atoms with Crippen molar-refractivity contribution >= 4 is 39.2 Å². The van der Waals surface area contributed by atoms with E-state index in [-0.39, 0.29) is 15.6 Å². The zero-order valence-electron chi connectivity index (χ0n) is 16.4. The van der Waals surface area contributed by atoms with Gasteiger partial charge >= 0.3 is 0 Å². The Morgan fingerprint density at radius 2 is 1.79 bits per heavy atom. The van der Waals surface area contributed by atoms with Gasteiger partial charge in [0.25, 0.3) is 5.91 Å². The molecule has 3 rings (SSSR count). The van der Waals surface area contributed by atoms with E-state index < -0.39 is 15.9 Å². The lowest BCUT2D eigenvalue weighted by atomic mass is 10.3. The number of hydrogen-bond acceptors (Lipinski definition) is 6. The molecule has 0 spiro atoms. The van der Waals surface area contributed by atoms with E-state index in [4.69, 9.17) is 11.6 Å². The maximum absolute atomic E-state index is 12.7. The third-order valence-electron chi connectivity index (χ3n) is 4.79. The van der Waals surface area contributed by atoms with Crippen molar-refractivity contribution in [3.05, 3.63) is 41.2 Å². The smallest absolute Gasteiger partial charge is 0.276 e. The van der Waals surface area contributed by atoms with Crippen molar-refractivity contribution in [3.63, 3.8) is 0 Å². The summed E-state index contributed by atoms with van der Waals surface area (Å²) in [5.74, 6) is 0.00918. The number of anilines is 2. The van der Waals surface area contributed by atoms with Crippen LogP contribution in [-0.2, 0) is 10.0 Å². The monoisotopic (exact) mass is 437 g/mol. The molecule has 2 aromatic rings. The number of amides is 1. The minimum absolute atomic E-state index is 0.0865. The Bertz CT molecular complexity index is 972. The summed E-state index contributed by atoms with van der Waals surface area (Å²) >= 11 is 6.13. The molecule has 29 heavy (non-hydrogen) atoms. The number of hydrogen-bond donors (Lipinski definition) is 1. The highest BCUT2D eigenvalue weighted by Gasteiger charge is 2.22. The van der Waals surface area contributed by atoms with Gasteiger partial charge in [0.2, 0.25) is 16.0 Å². The van der Waals surface area contributed by atoms with Crippen LogP contribution in [0.1, 0.15) is 37.2 Å². The molecule has 1 amide bonds. The van der Waals surface area contributed by atoms with Gasteiger partial charge in [-0.3, -0.25) is 4.79 Å². The van der Waals surface area contributed by atoms with Crippen LogP contribution in [0.15, 0.2) is 35.4 Å². The predicted octanol–water partition coefficient (Wildman–Crippen LogP) is 3.01. The van der Waals surface area contributed by atoms with E-state index in [1.54, 1.807) is 26.0 Å². The van der Waals surface area contributed by atoms with Crippen molar-refractivity contribution in [2.24, 2.45) is 0 Å². The van der Waals surface area contributed by atoms with Gasteiger partial charge in [-0.25, -0.2) is 18.4 Å². The number of carbonyl (C=O) groups is 1. The molecule has 1 N–H and O–H groups in total. The number of halogens is 1. The van der Waals surface area contributed by atoms with Crippen LogP contribution in [0.5, 0.6) is 0 Å². The fourth-order valence-corrected chi connectivity index (χ4v) is 4.83. The molecule has 10 heteroatoms. The zero-order valence-corrected chi connectivity index (χ0v) is 18.0. The maximum atomic E-state index is 12.7. The van der Waals surface area contributed by atoms with Gasteiger partial charge in [-0.15, -0.1) is 0 Å². The molecule has 8 nitrogen and oxygen atoms in total. The first-order valence-corrected chi connectivity index (χ1v) is 11.4. The lowest BCUT2D eigenvalue weighted by Gasteiger charge is -2.18. The fourth-order valence-electron chi connectivity index (χ4n) is 3.20. The SMILES string of the molecule is CCN(CC)S(=O)(=O)c1ccc(NC(=O)c2nc(N3CCCC3)ncc2Cl)cc1. The molecule has 0 unspecified atom stereocenters. The molecule has 0 radical (unpaired) electrons. The number of nitrogens with zero attached hydrogens (tertiary/aromatic N) is 4. The summed E-state index contributed by atoms with van der Waals surface area (Å²) in [6.45, 7) is 6.07. The molecular formula is C19H24ClN5O3S. The van der Waals surface area contributed by atoms with Crippen LogP contribution >= 0.6 is 11.6 Å². The molecule has 156 valence electrons. The highest BCUT2D eigenvalue weighted by atomic mass is 35.5. The van der Waals surface area contributed by atoms with E-state index in [0.717, 1.165) is 25.9 Å². The molecule has 1 aliphatic heterocycles. The van der Waals surface area contributed by atoms with E-state index in [9.17, 15) is 13.2 Å². The Hall–Kier alpha value is -2.23. The van der Waals surface area contributed by atoms with E-state index >= 15 is 0 Å². The second kappa shape index (κ2) is 9.06. The van der Waals surface area contributed by atoms with Crippen molar-refractivity contribution in [2.75, 3.05) is 36.4 Å². The van der Waals surface area contributed by atoms with Gasteiger partial charge in [-0.2, -0.15) is 4.31 Å². The van der Waals surface area contributed by atoms with Crippen LogP contribution in [0.4, 0.5) is 11.6 Å². The van der Waals surface area contributed by atoms with Crippen LogP contribution in [0, 0.1) is 0 Å². The number of aromatic nitrogens is 2.